The third kappa shape index (κ3) is 4.24. The molecule has 1 rings (SSSR count). The first-order valence-electron chi connectivity index (χ1n) is 6.43. The molecule has 6 nitrogen and oxygen atoms in total. The molecule has 1 aromatic carbocycles. The van der Waals surface area contributed by atoms with Crippen molar-refractivity contribution >= 4 is 12.0 Å². The topological polar surface area (TPSA) is 89.9 Å². The van der Waals surface area contributed by atoms with Crippen molar-refractivity contribution in [2.45, 2.75) is 25.9 Å². The maximum atomic E-state index is 12.1. The maximum Gasteiger partial charge on any atom is 0.330 e. The van der Waals surface area contributed by atoms with Crippen molar-refractivity contribution < 1.29 is 19.8 Å². The number of hydrogen-bond donors (Lipinski definition) is 3. The van der Waals surface area contributed by atoms with Gasteiger partial charge in [-0.3, -0.25) is 0 Å². The van der Waals surface area contributed by atoms with Crippen LogP contribution in [0, 0.1) is 0 Å². The summed E-state index contributed by atoms with van der Waals surface area (Å²) in [6.07, 6.45) is 0. The number of carboxylic acids is 1. The molecule has 3 N–H and O–H groups in total. The summed E-state index contributed by atoms with van der Waals surface area (Å²) in [5, 5.41) is 20.7. The second-order valence-electron chi connectivity index (χ2n) is 4.64. The number of benzene rings is 1. The van der Waals surface area contributed by atoms with Gasteiger partial charge < -0.3 is 20.4 Å². The molecule has 0 spiro atoms. The van der Waals surface area contributed by atoms with Gasteiger partial charge in [0.1, 0.15) is 0 Å². The predicted octanol–water partition coefficient (Wildman–Crippen LogP) is 1.22. The van der Waals surface area contributed by atoms with Crippen LogP contribution >= 0.6 is 0 Å². The molecule has 20 heavy (non-hydrogen) atoms. The van der Waals surface area contributed by atoms with E-state index in [4.69, 9.17) is 5.11 Å². The third-order valence-electron chi connectivity index (χ3n) is 2.87. The van der Waals surface area contributed by atoms with Gasteiger partial charge in [0.25, 0.3) is 0 Å². The second-order valence-corrected chi connectivity index (χ2v) is 4.64. The first-order valence-corrected chi connectivity index (χ1v) is 6.43. The van der Waals surface area contributed by atoms with Crippen molar-refractivity contribution in [1.29, 1.82) is 0 Å². The summed E-state index contributed by atoms with van der Waals surface area (Å²) < 4.78 is 0. The van der Waals surface area contributed by atoms with E-state index in [1.54, 1.807) is 44.2 Å². The molecule has 0 aliphatic rings. The number of aliphatic hydroxyl groups excluding tert-OH is 1. The first kappa shape index (κ1) is 16.0. The van der Waals surface area contributed by atoms with Crippen LogP contribution in [-0.2, 0) is 4.79 Å². The van der Waals surface area contributed by atoms with Crippen LogP contribution < -0.4 is 5.32 Å². The SMILES string of the molecule is CC(C)N(CCO)C(=O)N[C@H](C(=O)O)c1ccccc1. The largest absolute Gasteiger partial charge is 0.479 e. The molecule has 1 atom stereocenters. The highest BCUT2D eigenvalue weighted by Gasteiger charge is 2.25. The maximum absolute atomic E-state index is 12.1. The Morgan fingerprint density at radius 1 is 1.25 bits per heavy atom. The Balaban J connectivity index is 2.86. The molecule has 110 valence electrons. The van der Waals surface area contributed by atoms with E-state index < -0.39 is 18.0 Å². The molecule has 1 aromatic rings. The lowest BCUT2D eigenvalue weighted by Crippen LogP contribution is -2.47. The molecular weight excluding hydrogens is 260 g/mol. The van der Waals surface area contributed by atoms with E-state index in [1.165, 1.54) is 4.90 Å². The molecule has 0 fully saturated rings. The van der Waals surface area contributed by atoms with E-state index >= 15 is 0 Å². The minimum absolute atomic E-state index is 0.132. The Morgan fingerprint density at radius 3 is 2.30 bits per heavy atom. The summed E-state index contributed by atoms with van der Waals surface area (Å²) in [6, 6.07) is 6.74. The van der Waals surface area contributed by atoms with Crippen molar-refractivity contribution in [3.05, 3.63) is 35.9 Å². The first-order chi connectivity index (χ1) is 9.47. The highest BCUT2D eigenvalue weighted by molar-refractivity contribution is 5.83. The number of amides is 2. The van der Waals surface area contributed by atoms with Crippen molar-refractivity contribution in [3.63, 3.8) is 0 Å². The van der Waals surface area contributed by atoms with Crippen LogP contribution in [0.3, 0.4) is 0 Å². The van der Waals surface area contributed by atoms with E-state index in [1.807, 2.05) is 0 Å². The van der Waals surface area contributed by atoms with Gasteiger partial charge in [0.05, 0.1) is 6.61 Å². The van der Waals surface area contributed by atoms with Gasteiger partial charge in [-0.1, -0.05) is 30.3 Å². The van der Waals surface area contributed by atoms with Crippen LogP contribution in [0.1, 0.15) is 25.5 Å². The minimum Gasteiger partial charge on any atom is -0.479 e. The molecule has 6 heteroatoms. The van der Waals surface area contributed by atoms with Gasteiger partial charge >= 0.3 is 12.0 Å². The molecule has 0 unspecified atom stereocenters. The summed E-state index contributed by atoms with van der Waals surface area (Å²) >= 11 is 0. The zero-order valence-corrected chi connectivity index (χ0v) is 11.6. The van der Waals surface area contributed by atoms with Crippen molar-refractivity contribution in [1.82, 2.24) is 10.2 Å². The van der Waals surface area contributed by atoms with Gasteiger partial charge in [0.15, 0.2) is 6.04 Å². The Kier molecular flexibility index (Phi) is 5.99. The zero-order valence-electron chi connectivity index (χ0n) is 11.6. The molecular formula is C14H20N2O4. The van der Waals surface area contributed by atoms with Crippen LogP contribution in [0.4, 0.5) is 4.79 Å². The van der Waals surface area contributed by atoms with Gasteiger partial charge in [-0.05, 0) is 19.4 Å². The van der Waals surface area contributed by atoms with Crippen molar-refractivity contribution in [2.24, 2.45) is 0 Å². The average Bonchev–Trinajstić information content (AvgIpc) is 2.42. The predicted molar refractivity (Wildman–Crippen MR) is 74.3 cm³/mol. The summed E-state index contributed by atoms with van der Waals surface area (Å²) in [7, 11) is 0. The number of nitrogens with one attached hydrogen (secondary N) is 1. The van der Waals surface area contributed by atoms with Crippen molar-refractivity contribution in [3.8, 4) is 0 Å². The zero-order chi connectivity index (χ0) is 15.1. The molecule has 2 amide bonds. The van der Waals surface area contributed by atoms with Gasteiger partial charge in [-0.25, -0.2) is 9.59 Å². The lowest BCUT2D eigenvalue weighted by molar-refractivity contribution is -0.139. The number of nitrogens with zero attached hydrogens (tertiary/aromatic N) is 1. The van der Waals surface area contributed by atoms with E-state index in [2.05, 4.69) is 5.32 Å². The Labute approximate surface area is 118 Å². The van der Waals surface area contributed by atoms with Crippen LogP contribution in [0.5, 0.6) is 0 Å². The lowest BCUT2D eigenvalue weighted by Gasteiger charge is -2.28. The molecule has 0 saturated heterocycles. The van der Waals surface area contributed by atoms with Gasteiger partial charge in [-0.15, -0.1) is 0 Å². The fourth-order valence-corrected chi connectivity index (χ4v) is 1.84. The number of hydrogen-bond acceptors (Lipinski definition) is 3. The Morgan fingerprint density at radius 2 is 1.85 bits per heavy atom. The van der Waals surface area contributed by atoms with E-state index in [0.717, 1.165) is 0 Å². The van der Waals surface area contributed by atoms with Crippen molar-refractivity contribution in [2.75, 3.05) is 13.2 Å². The van der Waals surface area contributed by atoms with E-state index in [0.29, 0.717) is 5.56 Å². The van der Waals surface area contributed by atoms with Crippen LogP contribution in [-0.4, -0.2) is 46.3 Å². The molecule has 0 radical (unpaired) electrons. The normalized spacial score (nSPS) is 12.0. The minimum atomic E-state index is -1.13. The molecule has 0 aliphatic heterocycles. The third-order valence-corrected chi connectivity index (χ3v) is 2.87. The number of rotatable bonds is 6. The van der Waals surface area contributed by atoms with Gasteiger partial charge in [0, 0.05) is 12.6 Å². The highest BCUT2D eigenvalue weighted by Crippen LogP contribution is 2.13. The number of urea groups is 1. The number of aliphatic hydroxyl groups is 1. The standard InChI is InChI=1S/C14H20N2O4/c1-10(2)16(8-9-17)14(20)15-12(13(18)19)11-6-4-3-5-7-11/h3-7,10,12,17H,8-9H2,1-2H3,(H,15,20)(H,18,19)/t12-/m0/s1. The lowest BCUT2D eigenvalue weighted by atomic mass is 10.1. The van der Waals surface area contributed by atoms with E-state index in [9.17, 15) is 14.7 Å². The van der Waals surface area contributed by atoms with Gasteiger partial charge in [0.2, 0.25) is 0 Å². The quantitative estimate of drug-likeness (QED) is 0.731. The smallest absolute Gasteiger partial charge is 0.330 e. The monoisotopic (exact) mass is 280 g/mol. The molecule has 0 heterocycles. The van der Waals surface area contributed by atoms with Crippen LogP contribution in [0.15, 0.2) is 30.3 Å². The fraction of sp³-hybridized carbons (Fsp3) is 0.429. The Hall–Kier alpha value is -2.08. The summed E-state index contributed by atoms with van der Waals surface area (Å²) in [4.78, 5) is 24.8. The number of carbonyl (C=O) groups excluding carboxylic acids is 1. The summed E-state index contributed by atoms with van der Waals surface area (Å²) in [6.45, 7) is 3.58. The van der Waals surface area contributed by atoms with Crippen LogP contribution in [0.2, 0.25) is 0 Å². The number of carboxylic acid groups (broad SMARTS) is 1. The van der Waals surface area contributed by atoms with Crippen LogP contribution in [0.25, 0.3) is 0 Å². The molecule has 0 aliphatic carbocycles. The molecule has 0 aromatic heterocycles. The Bertz CT molecular complexity index is 448. The summed E-state index contributed by atoms with van der Waals surface area (Å²) in [5.41, 5.74) is 0.501. The second kappa shape index (κ2) is 7.49. The fourth-order valence-electron chi connectivity index (χ4n) is 1.84. The molecule has 0 saturated carbocycles. The van der Waals surface area contributed by atoms with Gasteiger partial charge in [-0.2, -0.15) is 0 Å². The summed E-state index contributed by atoms with van der Waals surface area (Å²) in [5.74, 6) is -1.13. The highest BCUT2D eigenvalue weighted by atomic mass is 16.4. The number of carbonyl (C=O) groups is 2. The van der Waals surface area contributed by atoms with E-state index in [-0.39, 0.29) is 19.2 Å². The average molecular weight is 280 g/mol. The molecule has 0 bridgehead atoms. The number of aliphatic carboxylic acids is 1.